The van der Waals surface area contributed by atoms with E-state index in [9.17, 15) is 27.7 Å². The van der Waals surface area contributed by atoms with Crippen LogP contribution >= 0.6 is 11.8 Å². The van der Waals surface area contributed by atoms with E-state index in [0.717, 1.165) is 16.6 Å². The van der Waals surface area contributed by atoms with E-state index < -0.39 is 27.4 Å². The standard InChI is InChI=1S/C20H24FN3O6S2/c1-30-19-9-8-16(24(26)27)12-18(19)23(32(2,28)29)13-20(25)22-10-5-11-31-14-15-6-3-4-7-17(15)21/h3-4,6-9,12H,5,10-11,13-14H2,1-2H3,(H,22,25). The van der Waals surface area contributed by atoms with Crippen molar-refractivity contribution in [2.24, 2.45) is 0 Å². The number of hydrogen-bond donors (Lipinski definition) is 1. The Morgan fingerprint density at radius 3 is 2.62 bits per heavy atom. The van der Waals surface area contributed by atoms with Crippen LogP contribution in [0.5, 0.6) is 5.75 Å². The third-order valence-corrected chi connectivity index (χ3v) is 6.55. The molecule has 174 valence electrons. The maximum absolute atomic E-state index is 13.6. The fraction of sp³-hybridized carbons (Fsp3) is 0.350. The number of anilines is 1. The van der Waals surface area contributed by atoms with E-state index in [1.807, 2.05) is 0 Å². The molecule has 0 radical (unpaired) electrons. The van der Waals surface area contributed by atoms with Gasteiger partial charge < -0.3 is 10.1 Å². The Bertz CT molecular complexity index is 1070. The Kier molecular flexibility index (Phi) is 9.27. The van der Waals surface area contributed by atoms with Gasteiger partial charge in [0, 0.05) is 24.4 Å². The number of nitro benzene ring substituents is 1. The first kappa shape index (κ1) is 25.4. The number of carbonyl (C=O) groups is 1. The predicted octanol–water partition coefficient (Wildman–Crippen LogP) is 2.95. The SMILES string of the molecule is COc1ccc([N+](=O)[O-])cc1N(CC(=O)NCCCSCc1ccccc1F)S(C)(=O)=O. The average Bonchev–Trinajstić information content (AvgIpc) is 2.74. The molecule has 12 heteroatoms. The van der Waals surface area contributed by atoms with E-state index in [1.165, 1.54) is 37.1 Å². The summed E-state index contributed by atoms with van der Waals surface area (Å²) >= 11 is 1.52. The average molecular weight is 486 g/mol. The summed E-state index contributed by atoms with van der Waals surface area (Å²) in [5.41, 5.74) is 0.178. The molecule has 1 N–H and O–H groups in total. The van der Waals surface area contributed by atoms with Gasteiger partial charge in [0.25, 0.3) is 5.69 Å². The molecule has 0 fully saturated rings. The zero-order valence-corrected chi connectivity index (χ0v) is 19.2. The zero-order valence-electron chi connectivity index (χ0n) is 17.6. The number of amides is 1. The maximum atomic E-state index is 13.6. The van der Waals surface area contributed by atoms with Crippen LogP contribution in [0.15, 0.2) is 42.5 Å². The van der Waals surface area contributed by atoms with Gasteiger partial charge in [0.15, 0.2) is 0 Å². The van der Waals surface area contributed by atoms with Crippen LogP contribution in [-0.2, 0) is 20.6 Å². The van der Waals surface area contributed by atoms with Crippen molar-refractivity contribution in [1.29, 1.82) is 0 Å². The van der Waals surface area contributed by atoms with Crippen molar-refractivity contribution in [1.82, 2.24) is 5.32 Å². The number of non-ortho nitro benzene ring substituents is 1. The van der Waals surface area contributed by atoms with E-state index in [2.05, 4.69) is 5.32 Å². The topological polar surface area (TPSA) is 119 Å². The van der Waals surface area contributed by atoms with Gasteiger partial charge in [-0.15, -0.1) is 0 Å². The molecule has 0 aliphatic rings. The number of nitrogens with zero attached hydrogens (tertiary/aromatic N) is 2. The van der Waals surface area contributed by atoms with Crippen molar-refractivity contribution >= 4 is 39.1 Å². The van der Waals surface area contributed by atoms with Gasteiger partial charge in [-0.2, -0.15) is 11.8 Å². The molecule has 0 heterocycles. The molecular formula is C20H24FN3O6S2. The second kappa shape index (κ2) is 11.7. The number of halogens is 1. The fourth-order valence-electron chi connectivity index (χ4n) is 2.75. The highest BCUT2D eigenvalue weighted by Crippen LogP contribution is 2.33. The highest BCUT2D eigenvalue weighted by molar-refractivity contribution is 7.98. The maximum Gasteiger partial charge on any atom is 0.271 e. The summed E-state index contributed by atoms with van der Waals surface area (Å²) in [7, 11) is -2.64. The lowest BCUT2D eigenvalue weighted by molar-refractivity contribution is -0.384. The minimum absolute atomic E-state index is 0.0818. The van der Waals surface area contributed by atoms with Crippen LogP contribution in [0.2, 0.25) is 0 Å². The molecule has 9 nitrogen and oxygen atoms in total. The van der Waals surface area contributed by atoms with Crippen molar-refractivity contribution in [2.45, 2.75) is 12.2 Å². The Balaban J connectivity index is 1.93. The zero-order chi connectivity index (χ0) is 23.7. The van der Waals surface area contributed by atoms with Gasteiger partial charge in [-0.25, -0.2) is 12.8 Å². The Morgan fingerprint density at radius 2 is 2.00 bits per heavy atom. The smallest absolute Gasteiger partial charge is 0.271 e. The van der Waals surface area contributed by atoms with Gasteiger partial charge in [-0.1, -0.05) is 18.2 Å². The summed E-state index contributed by atoms with van der Waals surface area (Å²) in [6, 6.07) is 10.0. The Labute approximate surface area is 190 Å². The van der Waals surface area contributed by atoms with Gasteiger partial charge in [0.05, 0.1) is 18.3 Å². The summed E-state index contributed by atoms with van der Waals surface area (Å²) in [5.74, 6) is 0.435. The molecule has 2 aromatic rings. The predicted molar refractivity (Wildman–Crippen MR) is 122 cm³/mol. The number of nitrogens with one attached hydrogen (secondary N) is 1. The van der Waals surface area contributed by atoms with E-state index in [-0.39, 0.29) is 22.9 Å². The van der Waals surface area contributed by atoms with E-state index in [0.29, 0.717) is 30.0 Å². The van der Waals surface area contributed by atoms with Gasteiger partial charge in [0.1, 0.15) is 23.8 Å². The quantitative estimate of drug-likeness (QED) is 0.279. The van der Waals surface area contributed by atoms with Crippen molar-refractivity contribution in [3.05, 3.63) is 64.0 Å². The molecule has 0 aliphatic heterocycles. The van der Waals surface area contributed by atoms with Crippen LogP contribution in [-0.4, -0.2) is 51.5 Å². The van der Waals surface area contributed by atoms with Crippen LogP contribution in [0.4, 0.5) is 15.8 Å². The minimum Gasteiger partial charge on any atom is -0.495 e. The largest absolute Gasteiger partial charge is 0.495 e. The monoisotopic (exact) mass is 485 g/mol. The molecule has 0 saturated heterocycles. The summed E-state index contributed by atoms with van der Waals surface area (Å²) in [6.07, 6.45) is 1.50. The summed E-state index contributed by atoms with van der Waals surface area (Å²) in [4.78, 5) is 22.8. The molecule has 2 aromatic carbocycles. The molecule has 1 amide bonds. The summed E-state index contributed by atoms with van der Waals surface area (Å²) in [5, 5.41) is 13.7. The van der Waals surface area contributed by atoms with Crippen LogP contribution in [0.3, 0.4) is 0 Å². The van der Waals surface area contributed by atoms with Gasteiger partial charge in [-0.3, -0.25) is 19.2 Å². The highest BCUT2D eigenvalue weighted by atomic mass is 32.2. The number of benzene rings is 2. The van der Waals surface area contributed by atoms with Crippen LogP contribution in [0.25, 0.3) is 0 Å². The number of nitro groups is 1. The molecule has 0 aromatic heterocycles. The third-order valence-electron chi connectivity index (χ3n) is 4.33. The summed E-state index contributed by atoms with van der Waals surface area (Å²) < 4.78 is 44.0. The number of sulfonamides is 1. The highest BCUT2D eigenvalue weighted by Gasteiger charge is 2.26. The fourth-order valence-corrected chi connectivity index (χ4v) is 4.55. The first-order valence-electron chi connectivity index (χ1n) is 9.51. The van der Waals surface area contributed by atoms with E-state index >= 15 is 0 Å². The molecule has 0 aliphatic carbocycles. The number of methoxy groups -OCH3 is 1. The molecular weight excluding hydrogens is 461 g/mol. The number of ether oxygens (including phenoxy) is 1. The second-order valence-corrected chi connectivity index (χ2v) is 9.74. The van der Waals surface area contributed by atoms with Crippen molar-refractivity contribution in [3.8, 4) is 5.75 Å². The molecule has 2 rings (SSSR count). The Morgan fingerprint density at radius 1 is 1.28 bits per heavy atom. The third kappa shape index (κ3) is 7.38. The van der Waals surface area contributed by atoms with Crippen molar-refractivity contribution in [3.63, 3.8) is 0 Å². The molecule has 0 bridgehead atoms. The number of thioether (sulfide) groups is 1. The van der Waals surface area contributed by atoms with Gasteiger partial charge >= 0.3 is 0 Å². The lowest BCUT2D eigenvalue weighted by Crippen LogP contribution is -2.40. The minimum atomic E-state index is -3.93. The number of hydrogen-bond acceptors (Lipinski definition) is 7. The van der Waals surface area contributed by atoms with Crippen LogP contribution in [0.1, 0.15) is 12.0 Å². The number of carbonyl (C=O) groups excluding carboxylic acids is 1. The number of rotatable bonds is 12. The normalized spacial score (nSPS) is 11.1. The Hall–Kier alpha value is -2.86. The second-order valence-electron chi connectivity index (χ2n) is 6.73. The van der Waals surface area contributed by atoms with Gasteiger partial charge in [0.2, 0.25) is 15.9 Å². The van der Waals surface area contributed by atoms with Crippen LogP contribution in [0, 0.1) is 15.9 Å². The molecule has 0 spiro atoms. The molecule has 0 saturated carbocycles. The van der Waals surface area contributed by atoms with Crippen molar-refractivity contribution in [2.75, 3.05) is 36.5 Å². The lowest BCUT2D eigenvalue weighted by Gasteiger charge is -2.23. The van der Waals surface area contributed by atoms with Gasteiger partial charge in [-0.05, 0) is 29.9 Å². The lowest BCUT2D eigenvalue weighted by atomic mass is 10.2. The molecule has 32 heavy (non-hydrogen) atoms. The first-order valence-corrected chi connectivity index (χ1v) is 12.5. The van der Waals surface area contributed by atoms with E-state index in [1.54, 1.807) is 18.2 Å². The summed E-state index contributed by atoms with van der Waals surface area (Å²) in [6.45, 7) is -0.258. The van der Waals surface area contributed by atoms with Crippen molar-refractivity contribution < 1.29 is 27.3 Å². The molecule has 0 atom stereocenters. The van der Waals surface area contributed by atoms with E-state index in [4.69, 9.17) is 4.74 Å². The van der Waals surface area contributed by atoms with Crippen LogP contribution < -0.4 is 14.4 Å². The first-order chi connectivity index (χ1) is 15.1. The molecule has 0 unspecified atom stereocenters.